The average Bonchev–Trinajstić information content (AvgIpc) is 2.47. The standard InChI is InChI=1S/C19H28F2N2/c1-13(2)15-5-6-16(18(21)17(15)20)22-9-7-19(8-10-22)11-23(12-19)14(3)4/h5-6,13-14H,7-12H2,1-4H3. The monoisotopic (exact) mass is 322 g/mol. The zero-order valence-corrected chi connectivity index (χ0v) is 14.7. The van der Waals surface area contributed by atoms with Crippen LogP contribution in [-0.4, -0.2) is 37.1 Å². The summed E-state index contributed by atoms with van der Waals surface area (Å²) in [6.07, 6.45) is 2.15. The number of piperidine rings is 1. The summed E-state index contributed by atoms with van der Waals surface area (Å²) in [7, 11) is 0. The van der Waals surface area contributed by atoms with Gasteiger partial charge in [-0.15, -0.1) is 0 Å². The molecule has 2 heterocycles. The van der Waals surface area contributed by atoms with E-state index in [2.05, 4.69) is 18.7 Å². The molecule has 23 heavy (non-hydrogen) atoms. The van der Waals surface area contributed by atoms with Crippen molar-refractivity contribution in [2.75, 3.05) is 31.1 Å². The summed E-state index contributed by atoms with van der Waals surface area (Å²) < 4.78 is 28.7. The summed E-state index contributed by atoms with van der Waals surface area (Å²) in [5.41, 5.74) is 1.31. The first-order valence-corrected chi connectivity index (χ1v) is 8.80. The predicted molar refractivity (Wildman–Crippen MR) is 91.0 cm³/mol. The van der Waals surface area contributed by atoms with E-state index in [-0.39, 0.29) is 5.92 Å². The average molecular weight is 322 g/mol. The van der Waals surface area contributed by atoms with Crippen molar-refractivity contribution in [3.8, 4) is 0 Å². The van der Waals surface area contributed by atoms with Gasteiger partial charge >= 0.3 is 0 Å². The Balaban J connectivity index is 1.68. The van der Waals surface area contributed by atoms with Gasteiger partial charge in [-0.05, 0) is 49.7 Å². The maximum Gasteiger partial charge on any atom is 0.182 e. The Hall–Kier alpha value is -1.16. The van der Waals surface area contributed by atoms with Gasteiger partial charge in [-0.2, -0.15) is 0 Å². The maximum absolute atomic E-state index is 14.4. The summed E-state index contributed by atoms with van der Waals surface area (Å²) in [4.78, 5) is 4.51. The van der Waals surface area contributed by atoms with Crippen LogP contribution in [0.25, 0.3) is 0 Å². The van der Waals surface area contributed by atoms with E-state index in [1.54, 1.807) is 12.1 Å². The molecule has 0 aromatic heterocycles. The molecule has 0 saturated carbocycles. The molecule has 0 radical (unpaired) electrons. The molecule has 1 spiro atoms. The minimum absolute atomic E-state index is 0.000156. The number of likely N-dealkylation sites (tertiary alicyclic amines) is 1. The summed E-state index contributed by atoms with van der Waals surface area (Å²) in [5, 5.41) is 0. The Kier molecular flexibility index (Phi) is 4.39. The molecule has 0 bridgehead atoms. The number of rotatable bonds is 3. The van der Waals surface area contributed by atoms with E-state index < -0.39 is 11.6 Å². The molecule has 2 fully saturated rings. The Bertz CT molecular complexity index is 567. The Morgan fingerprint density at radius 1 is 0.957 bits per heavy atom. The lowest BCUT2D eigenvalue weighted by atomic mass is 9.71. The fraction of sp³-hybridized carbons (Fsp3) is 0.684. The zero-order valence-electron chi connectivity index (χ0n) is 14.7. The first kappa shape index (κ1) is 16.7. The van der Waals surface area contributed by atoms with Crippen LogP contribution in [0, 0.1) is 17.0 Å². The molecule has 3 rings (SSSR count). The Labute approximate surface area is 138 Å². The fourth-order valence-electron chi connectivity index (χ4n) is 3.96. The number of halogens is 2. The van der Waals surface area contributed by atoms with E-state index in [0.717, 1.165) is 39.0 Å². The molecular formula is C19H28F2N2. The van der Waals surface area contributed by atoms with Crippen molar-refractivity contribution < 1.29 is 8.78 Å². The fourth-order valence-corrected chi connectivity index (χ4v) is 3.96. The summed E-state index contributed by atoms with van der Waals surface area (Å²) in [6, 6.07) is 4.10. The number of benzene rings is 1. The number of anilines is 1. The highest BCUT2D eigenvalue weighted by Crippen LogP contribution is 2.42. The number of hydrogen-bond donors (Lipinski definition) is 0. The minimum atomic E-state index is -0.676. The molecule has 0 unspecified atom stereocenters. The van der Waals surface area contributed by atoms with Crippen LogP contribution in [0.2, 0.25) is 0 Å². The molecule has 2 saturated heterocycles. The Morgan fingerprint density at radius 3 is 2.09 bits per heavy atom. The van der Waals surface area contributed by atoms with Crippen LogP contribution in [0.15, 0.2) is 12.1 Å². The largest absolute Gasteiger partial charge is 0.369 e. The third-order valence-electron chi connectivity index (χ3n) is 5.69. The molecule has 1 aromatic carbocycles. The smallest absolute Gasteiger partial charge is 0.182 e. The molecule has 2 aliphatic rings. The predicted octanol–water partition coefficient (Wildman–Crippen LogP) is 4.40. The second-order valence-corrected chi connectivity index (χ2v) is 7.94. The lowest BCUT2D eigenvalue weighted by Gasteiger charge is -2.56. The van der Waals surface area contributed by atoms with Crippen LogP contribution < -0.4 is 4.90 Å². The molecule has 2 aliphatic heterocycles. The van der Waals surface area contributed by atoms with E-state index in [1.165, 1.54) is 0 Å². The molecule has 0 aliphatic carbocycles. The van der Waals surface area contributed by atoms with E-state index in [9.17, 15) is 8.78 Å². The van der Waals surface area contributed by atoms with Crippen molar-refractivity contribution in [1.82, 2.24) is 4.90 Å². The van der Waals surface area contributed by atoms with E-state index >= 15 is 0 Å². The summed E-state index contributed by atoms with van der Waals surface area (Å²) >= 11 is 0. The van der Waals surface area contributed by atoms with Crippen molar-refractivity contribution in [2.45, 2.75) is 52.5 Å². The second-order valence-electron chi connectivity index (χ2n) is 7.94. The molecular weight excluding hydrogens is 294 g/mol. The van der Waals surface area contributed by atoms with Gasteiger partial charge in [-0.25, -0.2) is 8.78 Å². The highest BCUT2D eigenvalue weighted by Gasteiger charge is 2.45. The van der Waals surface area contributed by atoms with Gasteiger partial charge in [0, 0.05) is 32.2 Å². The molecule has 0 N–H and O–H groups in total. The molecule has 0 atom stereocenters. The van der Waals surface area contributed by atoms with Crippen molar-refractivity contribution >= 4 is 5.69 Å². The van der Waals surface area contributed by atoms with Crippen LogP contribution >= 0.6 is 0 Å². The molecule has 0 amide bonds. The van der Waals surface area contributed by atoms with Gasteiger partial charge in [-0.1, -0.05) is 19.9 Å². The van der Waals surface area contributed by atoms with Crippen LogP contribution in [0.1, 0.15) is 52.0 Å². The molecule has 128 valence electrons. The zero-order chi connectivity index (χ0) is 16.8. The normalized spacial score (nSPS) is 21.3. The van der Waals surface area contributed by atoms with Gasteiger partial charge in [0.1, 0.15) is 0 Å². The summed E-state index contributed by atoms with van der Waals surface area (Å²) in [5.74, 6) is -1.35. The maximum atomic E-state index is 14.4. The molecule has 2 nitrogen and oxygen atoms in total. The van der Waals surface area contributed by atoms with Gasteiger partial charge in [-0.3, -0.25) is 4.90 Å². The van der Waals surface area contributed by atoms with Crippen LogP contribution in [-0.2, 0) is 0 Å². The van der Waals surface area contributed by atoms with Crippen LogP contribution in [0.3, 0.4) is 0 Å². The highest BCUT2D eigenvalue weighted by molar-refractivity contribution is 5.51. The quantitative estimate of drug-likeness (QED) is 0.814. The minimum Gasteiger partial charge on any atom is -0.369 e. The van der Waals surface area contributed by atoms with Crippen molar-refractivity contribution in [1.29, 1.82) is 0 Å². The third-order valence-corrected chi connectivity index (χ3v) is 5.69. The van der Waals surface area contributed by atoms with Gasteiger partial charge in [0.15, 0.2) is 11.6 Å². The van der Waals surface area contributed by atoms with E-state index in [4.69, 9.17) is 0 Å². The Morgan fingerprint density at radius 2 is 1.57 bits per heavy atom. The van der Waals surface area contributed by atoms with E-state index in [1.807, 2.05) is 18.7 Å². The molecule has 4 heteroatoms. The highest BCUT2D eigenvalue weighted by atomic mass is 19.2. The SMILES string of the molecule is CC(C)c1ccc(N2CCC3(CC2)CN(C(C)C)C3)c(F)c1F. The van der Waals surface area contributed by atoms with Gasteiger partial charge < -0.3 is 4.90 Å². The van der Waals surface area contributed by atoms with Gasteiger partial charge in [0.2, 0.25) is 0 Å². The van der Waals surface area contributed by atoms with Crippen molar-refractivity contribution in [2.24, 2.45) is 5.41 Å². The lowest BCUT2D eigenvalue weighted by molar-refractivity contribution is -0.0381. The first-order chi connectivity index (χ1) is 10.8. The molecule has 1 aromatic rings. The third kappa shape index (κ3) is 2.98. The van der Waals surface area contributed by atoms with Gasteiger partial charge in [0.25, 0.3) is 0 Å². The van der Waals surface area contributed by atoms with E-state index in [0.29, 0.717) is 22.7 Å². The van der Waals surface area contributed by atoms with Crippen LogP contribution in [0.5, 0.6) is 0 Å². The van der Waals surface area contributed by atoms with Gasteiger partial charge in [0.05, 0.1) is 5.69 Å². The number of hydrogen-bond acceptors (Lipinski definition) is 2. The van der Waals surface area contributed by atoms with Crippen molar-refractivity contribution in [3.05, 3.63) is 29.3 Å². The first-order valence-electron chi connectivity index (χ1n) is 8.80. The van der Waals surface area contributed by atoms with Crippen molar-refractivity contribution in [3.63, 3.8) is 0 Å². The van der Waals surface area contributed by atoms with Crippen LogP contribution in [0.4, 0.5) is 14.5 Å². The lowest BCUT2D eigenvalue weighted by Crippen LogP contribution is -2.62. The second kappa shape index (κ2) is 6.04. The number of nitrogens with zero attached hydrogens (tertiary/aromatic N) is 2. The summed E-state index contributed by atoms with van der Waals surface area (Å²) in [6.45, 7) is 12.2. The topological polar surface area (TPSA) is 6.48 Å².